The molecule has 0 aliphatic carbocycles. The molecule has 12 nitrogen and oxygen atoms in total. The SMILES string of the molecule is COP(C)(=O)CS(=O)(=O)c1ccc([N+](=O)[O-])cc1.COP(C)(=O)CSc1ccc([N+](=O)[O-])cc1. The van der Waals surface area contributed by atoms with Gasteiger partial charge in [-0.25, -0.2) is 8.42 Å². The molecule has 188 valence electrons. The first kappa shape index (κ1) is 30.0. The fourth-order valence-electron chi connectivity index (χ4n) is 2.12. The van der Waals surface area contributed by atoms with E-state index in [2.05, 4.69) is 4.52 Å². The van der Waals surface area contributed by atoms with Crippen LogP contribution in [0.1, 0.15) is 0 Å². The Morgan fingerprint density at radius 1 is 0.824 bits per heavy atom. The molecule has 0 fully saturated rings. The molecule has 0 radical (unpaired) electrons. The highest BCUT2D eigenvalue weighted by molar-refractivity contribution is 8.05. The van der Waals surface area contributed by atoms with E-state index in [1.165, 1.54) is 44.8 Å². The predicted octanol–water partition coefficient (Wildman–Crippen LogP) is 5.08. The van der Waals surface area contributed by atoms with E-state index >= 15 is 0 Å². The lowest BCUT2D eigenvalue weighted by atomic mass is 10.3. The molecule has 0 bridgehead atoms. The van der Waals surface area contributed by atoms with Crippen molar-refractivity contribution >= 4 is 47.7 Å². The zero-order chi connectivity index (χ0) is 26.2. The second-order valence-electron chi connectivity index (χ2n) is 6.91. The number of hydrogen-bond acceptors (Lipinski definition) is 11. The van der Waals surface area contributed by atoms with E-state index in [1.807, 2.05) is 0 Å². The molecule has 34 heavy (non-hydrogen) atoms. The summed E-state index contributed by atoms with van der Waals surface area (Å²) >= 11 is 1.36. The van der Waals surface area contributed by atoms with Gasteiger partial charge in [0.1, 0.15) is 5.49 Å². The molecular weight excluding hydrogens is 530 g/mol. The van der Waals surface area contributed by atoms with Crippen LogP contribution in [0.2, 0.25) is 0 Å². The third-order valence-electron chi connectivity index (χ3n) is 4.10. The Balaban J connectivity index is 0.000000342. The van der Waals surface area contributed by atoms with Crippen molar-refractivity contribution in [2.45, 2.75) is 9.79 Å². The normalized spacial score (nSPS) is 14.7. The van der Waals surface area contributed by atoms with Crippen LogP contribution in [0.4, 0.5) is 11.4 Å². The van der Waals surface area contributed by atoms with E-state index in [4.69, 9.17) is 4.52 Å². The van der Waals surface area contributed by atoms with Crippen molar-refractivity contribution < 1.29 is 36.4 Å². The van der Waals surface area contributed by atoms with Gasteiger partial charge in [-0.3, -0.25) is 29.4 Å². The third-order valence-corrected chi connectivity index (χ3v) is 12.9. The Kier molecular flexibility index (Phi) is 11.1. The van der Waals surface area contributed by atoms with Crippen LogP contribution in [-0.2, 0) is 28.0 Å². The van der Waals surface area contributed by atoms with E-state index in [0.717, 1.165) is 29.2 Å². The summed E-state index contributed by atoms with van der Waals surface area (Å²) < 4.78 is 56.4. The topological polar surface area (TPSA) is 173 Å². The molecule has 0 saturated carbocycles. The molecule has 2 aromatic rings. The number of sulfone groups is 1. The number of nitrogens with zero attached hydrogens (tertiary/aromatic N) is 2. The van der Waals surface area contributed by atoms with Crippen molar-refractivity contribution in [1.82, 2.24) is 0 Å². The minimum atomic E-state index is -3.78. The summed E-state index contributed by atoms with van der Waals surface area (Å²) in [6, 6.07) is 10.5. The molecule has 2 unspecified atom stereocenters. The van der Waals surface area contributed by atoms with Gasteiger partial charge in [0.2, 0.25) is 14.7 Å². The quantitative estimate of drug-likeness (QED) is 0.166. The van der Waals surface area contributed by atoms with E-state index < -0.39 is 39.9 Å². The Hall–Kier alpha value is -2.08. The van der Waals surface area contributed by atoms with Gasteiger partial charge >= 0.3 is 0 Å². The van der Waals surface area contributed by atoms with E-state index in [0.29, 0.717) is 5.49 Å². The number of hydrogen-bond donors (Lipinski definition) is 0. The number of thioether (sulfide) groups is 1. The molecule has 16 heteroatoms. The lowest BCUT2D eigenvalue weighted by Crippen LogP contribution is -2.08. The zero-order valence-corrected chi connectivity index (χ0v) is 22.1. The van der Waals surface area contributed by atoms with Crippen molar-refractivity contribution in [2.24, 2.45) is 0 Å². The maximum atomic E-state index is 11.9. The number of non-ortho nitro benzene ring substituents is 2. The summed E-state index contributed by atoms with van der Waals surface area (Å²) in [7, 11) is -6.95. The molecule has 0 saturated heterocycles. The molecule has 0 heterocycles. The van der Waals surface area contributed by atoms with E-state index in [1.54, 1.807) is 18.8 Å². The second kappa shape index (κ2) is 12.6. The minimum Gasteiger partial charge on any atom is -0.331 e. The number of rotatable bonds is 10. The lowest BCUT2D eigenvalue weighted by Gasteiger charge is -2.10. The summed E-state index contributed by atoms with van der Waals surface area (Å²) in [6.45, 7) is 2.78. The highest BCUT2D eigenvalue weighted by Crippen LogP contribution is 2.46. The van der Waals surface area contributed by atoms with Gasteiger partial charge in [-0.05, 0) is 24.3 Å². The molecule has 2 aromatic carbocycles. The van der Waals surface area contributed by atoms with Gasteiger partial charge in [0.15, 0.2) is 9.84 Å². The van der Waals surface area contributed by atoms with Crippen molar-refractivity contribution in [3.8, 4) is 0 Å². The van der Waals surface area contributed by atoms with Gasteiger partial charge in [0.05, 0.1) is 20.2 Å². The van der Waals surface area contributed by atoms with Crippen LogP contribution in [0.5, 0.6) is 0 Å². The first-order valence-electron chi connectivity index (χ1n) is 9.21. The summed E-state index contributed by atoms with van der Waals surface area (Å²) in [5, 5.41) is 20.8. The van der Waals surface area contributed by atoms with Gasteiger partial charge < -0.3 is 9.05 Å². The van der Waals surface area contributed by atoms with Crippen molar-refractivity contribution in [3.63, 3.8) is 0 Å². The van der Waals surface area contributed by atoms with E-state index in [9.17, 15) is 37.8 Å². The maximum absolute atomic E-state index is 11.9. The molecule has 0 amide bonds. The number of nitro groups is 2. The van der Waals surface area contributed by atoms with Crippen LogP contribution in [0.25, 0.3) is 0 Å². The van der Waals surface area contributed by atoms with E-state index in [-0.39, 0.29) is 16.3 Å². The first-order chi connectivity index (χ1) is 15.6. The molecule has 2 rings (SSSR count). The molecule has 0 aliphatic heterocycles. The average Bonchev–Trinajstić information content (AvgIpc) is 2.78. The standard InChI is InChI=1S/C9H12NO6PS.C9H12NO4PS/c1-16-17(2,13)7-18(14,15)9-5-3-8(4-6-9)10(11)12;1-14-15(2,13)7-16-9-5-3-8(4-6-9)10(11)12/h3-6H,7H2,1-2H3;3-6H,7H2,1-2H3. The van der Waals surface area contributed by atoms with Crippen molar-refractivity contribution in [3.05, 3.63) is 68.8 Å². The van der Waals surface area contributed by atoms with Crippen LogP contribution in [0, 0.1) is 20.2 Å². The average molecular weight is 554 g/mol. The number of benzene rings is 2. The molecular formula is C18H24N2O10P2S2. The minimum absolute atomic E-state index is 0.0516. The summed E-state index contributed by atoms with van der Waals surface area (Å²) in [4.78, 5) is 20.5. The predicted molar refractivity (Wildman–Crippen MR) is 130 cm³/mol. The molecule has 0 N–H and O–H groups in total. The summed E-state index contributed by atoms with van der Waals surface area (Å²) in [5.41, 5.74) is -0.425. The van der Waals surface area contributed by atoms with Gasteiger partial charge in [-0.1, -0.05) is 0 Å². The maximum Gasteiger partial charge on any atom is 0.269 e. The Morgan fingerprint density at radius 3 is 1.62 bits per heavy atom. The van der Waals surface area contributed by atoms with Gasteiger partial charge in [0, 0.05) is 56.7 Å². The van der Waals surface area contributed by atoms with Crippen LogP contribution < -0.4 is 0 Å². The van der Waals surface area contributed by atoms with Crippen molar-refractivity contribution in [2.75, 3.05) is 38.5 Å². The molecule has 2 atom stereocenters. The highest BCUT2D eigenvalue weighted by Gasteiger charge is 2.26. The van der Waals surface area contributed by atoms with Crippen LogP contribution >= 0.6 is 26.5 Å². The van der Waals surface area contributed by atoms with Gasteiger partial charge in [-0.15, -0.1) is 11.8 Å². The van der Waals surface area contributed by atoms with Crippen LogP contribution in [0.3, 0.4) is 0 Å². The Bertz CT molecular complexity index is 1200. The Labute approximate surface area is 201 Å². The molecule has 0 spiro atoms. The van der Waals surface area contributed by atoms with Crippen molar-refractivity contribution in [1.29, 1.82) is 0 Å². The fraction of sp³-hybridized carbons (Fsp3) is 0.333. The van der Waals surface area contributed by atoms with Crippen LogP contribution in [0.15, 0.2) is 58.3 Å². The third kappa shape index (κ3) is 10.0. The monoisotopic (exact) mass is 554 g/mol. The Morgan fingerprint density at radius 2 is 1.24 bits per heavy atom. The zero-order valence-electron chi connectivity index (χ0n) is 18.7. The first-order valence-corrected chi connectivity index (χ1v) is 16.4. The summed E-state index contributed by atoms with van der Waals surface area (Å²) in [5.74, 6) is 0. The number of nitro benzene ring substituents is 2. The smallest absolute Gasteiger partial charge is 0.269 e. The largest absolute Gasteiger partial charge is 0.331 e. The molecule has 0 aliphatic rings. The second-order valence-corrected chi connectivity index (χ2v) is 16.2. The lowest BCUT2D eigenvalue weighted by molar-refractivity contribution is -0.385. The van der Waals surface area contributed by atoms with Gasteiger partial charge in [0.25, 0.3) is 11.4 Å². The highest BCUT2D eigenvalue weighted by atomic mass is 32.2. The fourth-order valence-corrected chi connectivity index (χ4v) is 8.44. The van der Waals surface area contributed by atoms with Gasteiger partial charge in [-0.2, -0.15) is 0 Å². The van der Waals surface area contributed by atoms with Crippen LogP contribution in [-0.4, -0.2) is 56.8 Å². The summed E-state index contributed by atoms with van der Waals surface area (Å²) in [6.07, 6.45) is 0. The molecule has 0 aromatic heterocycles.